The molecular weight excluding hydrogens is 256 g/mol. The first-order chi connectivity index (χ1) is 9.56. The molecule has 0 fully saturated rings. The number of hydrogen-bond donors (Lipinski definition) is 1. The molecule has 20 heavy (non-hydrogen) atoms. The summed E-state index contributed by atoms with van der Waals surface area (Å²) in [7, 11) is 0. The van der Waals surface area contributed by atoms with Crippen LogP contribution in [0.5, 0.6) is 0 Å². The molecule has 1 aromatic carbocycles. The summed E-state index contributed by atoms with van der Waals surface area (Å²) in [4.78, 5) is 26.6. The maximum absolute atomic E-state index is 11.5. The van der Waals surface area contributed by atoms with Crippen LogP contribution in [0.3, 0.4) is 0 Å². The quantitative estimate of drug-likeness (QED) is 0.676. The molecule has 1 atom stereocenters. The number of hydrogen-bond acceptors (Lipinski definition) is 4. The van der Waals surface area contributed by atoms with Crippen molar-refractivity contribution < 1.29 is 14.3 Å². The van der Waals surface area contributed by atoms with Crippen molar-refractivity contribution in [2.24, 2.45) is 5.73 Å². The SMILES string of the molecule is C[C@H](OC(=O)/C=C/c1ccc2ccccc2n1)C(N)=O. The summed E-state index contributed by atoms with van der Waals surface area (Å²) in [6.07, 6.45) is 1.80. The fourth-order valence-electron chi connectivity index (χ4n) is 1.60. The van der Waals surface area contributed by atoms with E-state index in [9.17, 15) is 9.59 Å². The van der Waals surface area contributed by atoms with Crippen LogP contribution in [-0.2, 0) is 14.3 Å². The van der Waals surface area contributed by atoms with Gasteiger partial charge in [0.15, 0.2) is 6.10 Å². The Balaban J connectivity index is 2.09. The summed E-state index contributed by atoms with van der Waals surface area (Å²) in [5.41, 5.74) is 6.47. The number of amides is 1. The van der Waals surface area contributed by atoms with E-state index in [-0.39, 0.29) is 0 Å². The van der Waals surface area contributed by atoms with Gasteiger partial charge in [-0.25, -0.2) is 9.78 Å². The highest BCUT2D eigenvalue weighted by molar-refractivity contribution is 5.90. The standard InChI is InChI=1S/C15H14N2O3/c1-10(15(16)19)20-14(18)9-8-12-7-6-11-4-2-3-5-13(11)17-12/h2-10H,1H3,(H2,16,19)/b9-8+/t10-/m0/s1. The molecule has 102 valence electrons. The second kappa shape index (κ2) is 5.97. The Hall–Kier alpha value is -2.69. The number of para-hydroxylation sites is 1. The van der Waals surface area contributed by atoms with Gasteiger partial charge in [-0.05, 0) is 25.1 Å². The van der Waals surface area contributed by atoms with Gasteiger partial charge in [0.05, 0.1) is 11.2 Å². The normalized spacial score (nSPS) is 12.4. The van der Waals surface area contributed by atoms with Gasteiger partial charge in [-0.2, -0.15) is 0 Å². The van der Waals surface area contributed by atoms with Gasteiger partial charge in [0.1, 0.15) is 0 Å². The van der Waals surface area contributed by atoms with Gasteiger partial charge < -0.3 is 10.5 Å². The van der Waals surface area contributed by atoms with Crippen molar-refractivity contribution in [3.05, 3.63) is 48.2 Å². The van der Waals surface area contributed by atoms with E-state index in [0.29, 0.717) is 5.69 Å². The Morgan fingerprint density at radius 2 is 2.00 bits per heavy atom. The number of aromatic nitrogens is 1. The molecule has 0 saturated carbocycles. The van der Waals surface area contributed by atoms with Crippen molar-refractivity contribution >= 4 is 28.9 Å². The number of benzene rings is 1. The van der Waals surface area contributed by atoms with Crippen LogP contribution in [0.2, 0.25) is 0 Å². The number of primary amides is 1. The highest BCUT2D eigenvalue weighted by Gasteiger charge is 2.12. The predicted octanol–water partition coefficient (Wildman–Crippen LogP) is 1.66. The molecule has 0 unspecified atom stereocenters. The van der Waals surface area contributed by atoms with Crippen molar-refractivity contribution in [2.75, 3.05) is 0 Å². The molecule has 1 amide bonds. The lowest BCUT2D eigenvalue weighted by Crippen LogP contribution is -2.29. The van der Waals surface area contributed by atoms with E-state index in [1.54, 1.807) is 6.07 Å². The van der Waals surface area contributed by atoms with Crippen molar-refractivity contribution in [3.63, 3.8) is 0 Å². The third-order valence-corrected chi connectivity index (χ3v) is 2.70. The second-order valence-corrected chi connectivity index (χ2v) is 4.24. The Kier molecular flexibility index (Phi) is 4.10. The average molecular weight is 270 g/mol. The largest absolute Gasteiger partial charge is 0.449 e. The monoisotopic (exact) mass is 270 g/mol. The molecule has 0 aliphatic carbocycles. The summed E-state index contributed by atoms with van der Waals surface area (Å²) >= 11 is 0. The van der Waals surface area contributed by atoms with Crippen LogP contribution < -0.4 is 5.73 Å². The van der Waals surface area contributed by atoms with E-state index in [1.165, 1.54) is 19.1 Å². The third kappa shape index (κ3) is 3.41. The minimum Gasteiger partial charge on any atom is -0.449 e. The Bertz CT molecular complexity index is 680. The number of rotatable bonds is 4. The molecule has 0 spiro atoms. The molecule has 0 radical (unpaired) electrons. The van der Waals surface area contributed by atoms with Gasteiger partial charge in [0.25, 0.3) is 5.91 Å². The molecule has 1 heterocycles. The smallest absolute Gasteiger partial charge is 0.331 e. The fraction of sp³-hybridized carbons (Fsp3) is 0.133. The van der Waals surface area contributed by atoms with Crippen LogP contribution >= 0.6 is 0 Å². The first kappa shape index (κ1) is 13.7. The number of carbonyl (C=O) groups excluding carboxylic acids is 2. The van der Waals surface area contributed by atoms with Gasteiger partial charge in [-0.1, -0.05) is 24.3 Å². The molecular formula is C15H14N2O3. The lowest BCUT2D eigenvalue weighted by molar-refractivity contribution is -0.148. The van der Waals surface area contributed by atoms with Crippen LogP contribution in [-0.4, -0.2) is 23.0 Å². The molecule has 0 aliphatic heterocycles. The number of carbonyl (C=O) groups is 2. The number of ether oxygens (including phenoxy) is 1. The summed E-state index contributed by atoms with van der Waals surface area (Å²) in [6.45, 7) is 1.42. The average Bonchev–Trinajstić information content (AvgIpc) is 2.44. The Labute approximate surface area is 116 Å². The van der Waals surface area contributed by atoms with Crippen molar-refractivity contribution in [2.45, 2.75) is 13.0 Å². The molecule has 2 rings (SSSR count). The zero-order valence-corrected chi connectivity index (χ0v) is 10.9. The van der Waals surface area contributed by atoms with Crippen LogP contribution in [0.4, 0.5) is 0 Å². The van der Waals surface area contributed by atoms with Crippen LogP contribution in [0.1, 0.15) is 12.6 Å². The maximum Gasteiger partial charge on any atom is 0.331 e. The second-order valence-electron chi connectivity index (χ2n) is 4.24. The molecule has 2 N–H and O–H groups in total. The lowest BCUT2D eigenvalue weighted by Gasteiger charge is -2.06. The number of esters is 1. The molecule has 0 bridgehead atoms. The molecule has 5 heteroatoms. The summed E-state index contributed by atoms with van der Waals surface area (Å²) in [6, 6.07) is 11.4. The van der Waals surface area contributed by atoms with Crippen molar-refractivity contribution in [1.29, 1.82) is 0 Å². The van der Waals surface area contributed by atoms with E-state index >= 15 is 0 Å². The Morgan fingerprint density at radius 3 is 2.75 bits per heavy atom. The topological polar surface area (TPSA) is 82.3 Å². The van der Waals surface area contributed by atoms with Gasteiger partial charge in [-0.15, -0.1) is 0 Å². The summed E-state index contributed by atoms with van der Waals surface area (Å²) < 4.78 is 4.79. The van der Waals surface area contributed by atoms with E-state index in [1.807, 2.05) is 30.3 Å². The molecule has 5 nitrogen and oxygen atoms in total. The first-order valence-corrected chi connectivity index (χ1v) is 6.10. The number of fused-ring (bicyclic) bond motifs is 1. The highest BCUT2D eigenvalue weighted by atomic mass is 16.5. The summed E-state index contributed by atoms with van der Waals surface area (Å²) in [5, 5.41) is 1.02. The highest BCUT2D eigenvalue weighted by Crippen LogP contribution is 2.12. The first-order valence-electron chi connectivity index (χ1n) is 6.10. The van der Waals surface area contributed by atoms with E-state index < -0.39 is 18.0 Å². The lowest BCUT2D eigenvalue weighted by atomic mass is 10.2. The van der Waals surface area contributed by atoms with E-state index in [4.69, 9.17) is 10.5 Å². The number of nitrogens with zero attached hydrogens (tertiary/aromatic N) is 1. The molecule has 1 aromatic heterocycles. The predicted molar refractivity (Wildman–Crippen MR) is 75.5 cm³/mol. The number of nitrogens with two attached hydrogens (primary N) is 1. The van der Waals surface area contributed by atoms with Crippen molar-refractivity contribution in [1.82, 2.24) is 4.98 Å². The van der Waals surface area contributed by atoms with Gasteiger partial charge in [-0.3, -0.25) is 4.79 Å². The van der Waals surface area contributed by atoms with Gasteiger partial charge in [0.2, 0.25) is 0 Å². The Morgan fingerprint density at radius 1 is 1.25 bits per heavy atom. The van der Waals surface area contributed by atoms with Crippen LogP contribution in [0.15, 0.2) is 42.5 Å². The van der Waals surface area contributed by atoms with Crippen LogP contribution in [0, 0.1) is 0 Å². The zero-order chi connectivity index (χ0) is 14.5. The zero-order valence-electron chi connectivity index (χ0n) is 10.9. The number of pyridine rings is 1. The van der Waals surface area contributed by atoms with E-state index in [2.05, 4.69) is 4.98 Å². The van der Waals surface area contributed by atoms with Crippen LogP contribution in [0.25, 0.3) is 17.0 Å². The summed E-state index contributed by atoms with van der Waals surface area (Å²) in [5.74, 6) is -1.32. The fourth-order valence-corrected chi connectivity index (χ4v) is 1.60. The third-order valence-electron chi connectivity index (χ3n) is 2.70. The van der Waals surface area contributed by atoms with Gasteiger partial charge in [0, 0.05) is 11.5 Å². The minimum absolute atomic E-state index is 0.632. The molecule has 0 saturated heterocycles. The minimum atomic E-state index is -0.947. The molecule has 0 aliphatic rings. The maximum atomic E-state index is 11.5. The van der Waals surface area contributed by atoms with Crippen molar-refractivity contribution in [3.8, 4) is 0 Å². The molecule has 2 aromatic rings. The van der Waals surface area contributed by atoms with Gasteiger partial charge >= 0.3 is 5.97 Å². The van der Waals surface area contributed by atoms with E-state index in [0.717, 1.165) is 10.9 Å².